The number of hydrogen-bond acceptors (Lipinski definition) is 6. The molecule has 0 fully saturated rings. The average Bonchev–Trinajstić information content (AvgIpc) is 2.34. The van der Waals surface area contributed by atoms with Gasteiger partial charge in [-0.25, -0.2) is 4.21 Å². The molecule has 1 atom stereocenters. The summed E-state index contributed by atoms with van der Waals surface area (Å²) in [6.45, 7) is -0.225. The molecule has 0 spiro atoms. The lowest BCUT2D eigenvalue weighted by Gasteiger charge is -2.14. The zero-order valence-corrected chi connectivity index (χ0v) is 10.1. The molecular formula is C10H11O6S-. The van der Waals surface area contributed by atoms with E-state index in [9.17, 15) is 13.6 Å². The van der Waals surface area contributed by atoms with E-state index >= 15 is 0 Å². The number of aldehydes is 1. The molecule has 0 aliphatic rings. The van der Waals surface area contributed by atoms with Crippen LogP contribution in [0.5, 0.6) is 11.5 Å². The number of hydrogen-bond donors (Lipinski definition) is 0. The van der Waals surface area contributed by atoms with Gasteiger partial charge in [-0.1, -0.05) is 0 Å². The Bertz CT molecular complexity index is 431. The number of ether oxygens (including phenoxy) is 2. The standard InChI is InChI=1S/C10H12O6S/c1-14-9-4-7(5-11)3-8(10(9)15-2)6-16-17(12)13/h3-5H,6H2,1-2H3,(H,12,13)/p-1. The van der Waals surface area contributed by atoms with E-state index in [4.69, 9.17) is 9.47 Å². The van der Waals surface area contributed by atoms with Gasteiger partial charge in [0.05, 0.1) is 32.2 Å². The molecule has 0 aliphatic heterocycles. The first-order chi connectivity index (χ1) is 8.12. The van der Waals surface area contributed by atoms with Gasteiger partial charge in [-0.15, -0.1) is 0 Å². The third-order valence-electron chi connectivity index (χ3n) is 2.02. The lowest BCUT2D eigenvalue weighted by Crippen LogP contribution is -2.02. The van der Waals surface area contributed by atoms with Crippen LogP contribution in [0, 0.1) is 0 Å². The highest BCUT2D eigenvalue weighted by Crippen LogP contribution is 2.32. The third-order valence-corrected chi connectivity index (χ3v) is 2.34. The minimum Gasteiger partial charge on any atom is -0.750 e. The molecule has 0 saturated heterocycles. The van der Waals surface area contributed by atoms with Gasteiger partial charge in [0.1, 0.15) is 6.29 Å². The van der Waals surface area contributed by atoms with Crippen molar-refractivity contribution in [2.75, 3.05) is 14.2 Å². The van der Waals surface area contributed by atoms with Gasteiger partial charge in [0.2, 0.25) is 0 Å². The van der Waals surface area contributed by atoms with Crippen molar-refractivity contribution in [2.45, 2.75) is 6.61 Å². The number of benzene rings is 1. The van der Waals surface area contributed by atoms with E-state index in [0.29, 0.717) is 28.9 Å². The number of carbonyl (C=O) groups excluding carboxylic acids is 1. The van der Waals surface area contributed by atoms with Gasteiger partial charge in [0, 0.05) is 11.1 Å². The molecule has 0 aliphatic carbocycles. The van der Waals surface area contributed by atoms with Crippen LogP contribution in [0.2, 0.25) is 0 Å². The van der Waals surface area contributed by atoms with Gasteiger partial charge >= 0.3 is 0 Å². The van der Waals surface area contributed by atoms with E-state index in [1.54, 1.807) is 0 Å². The molecule has 0 radical (unpaired) electrons. The van der Waals surface area contributed by atoms with Gasteiger partial charge in [0.25, 0.3) is 0 Å². The number of methoxy groups -OCH3 is 2. The molecule has 7 heteroatoms. The van der Waals surface area contributed by atoms with Crippen molar-refractivity contribution in [3.63, 3.8) is 0 Å². The van der Waals surface area contributed by atoms with E-state index in [1.807, 2.05) is 0 Å². The quantitative estimate of drug-likeness (QED) is 0.555. The summed E-state index contributed by atoms with van der Waals surface area (Å²) in [5.41, 5.74) is 0.760. The minimum atomic E-state index is -2.63. The Morgan fingerprint density at radius 1 is 1.35 bits per heavy atom. The zero-order valence-electron chi connectivity index (χ0n) is 9.30. The van der Waals surface area contributed by atoms with Crippen LogP contribution in [0.1, 0.15) is 15.9 Å². The maximum Gasteiger partial charge on any atom is 0.166 e. The van der Waals surface area contributed by atoms with E-state index in [-0.39, 0.29) is 6.61 Å². The highest BCUT2D eigenvalue weighted by Gasteiger charge is 2.12. The zero-order chi connectivity index (χ0) is 12.8. The monoisotopic (exact) mass is 259 g/mol. The summed E-state index contributed by atoms with van der Waals surface area (Å²) in [6, 6.07) is 2.96. The lowest BCUT2D eigenvalue weighted by atomic mass is 10.1. The van der Waals surface area contributed by atoms with Crippen LogP contribution in [0.3, 0.4) is 0 Å². The van der Waals surface area contributed by atoms with Crippen LogP contribution in [-0.2, 0) is 22.2 Å². The fourth-order valence-electron chi connectivity index (χ4n) is 1.35. The second-order valence-corrected chi connectivity index (χ2v) is 3.64. The van der Waals surface area contributed by atoms with Crippen molar-refractivity contribution < 1.29 is 27.2 Å². The van der Waals surface area contributed by atoms with Crippen molar-refractivity contribution in [3.05, 3.63) is 23.3 Å². The molecule has 0 heterocycles. The molecule has 6 nitrogen and oxygen atoms in total. The molecule has 0 N–H and O–H groups in total. The third kappa shape index (κ3) is 3.52. The van der Waals surface area contributed by atoms with Crippen molar-refractivity contribution in [2.24, 2.45) is 0 Å². The first-order valence-electron chi connectivity index (χ1n) is 4.55. The second kappa shape index (κ2) is 6.33. The fraction of sp³-hybridized carbons (Fsp3) is 0.300. The van der Waals surface area contributed by atoms with Crippen molar-refractivity contribution in [1.82, 2.24) is 0 Å². The van der Waals surface area contributed by atoms with E-state index in [0.717, 1.165) is 0 Å². The predicted molar refractivity (Wildman–Crippen MR) is 58.6 cm³/mol. The van der Waals surface area contributed by atoms with Gasteiger partial charge < -0.3 is 14.0 Å². The first kappa shape index (κ1) is 13.6. The van der Waals surface area contributed by atoms with Gasteiger partial charge in [-0.2, -0.15) is 0 Å². The fourth-order valence-corrected chi connectivity index (χ4v) is 1.58. The van der Waals surface area contributed by atoms with Crippen LogP contribution < -0.4 is 9.47 Å². The maximum absolute atomic E-state index is 10.7. The van der Waals surface area contributed by atoms with Crippen LogP contribution in [0.15, 0.2) is 12.1 Å². The Kier molecular flexibility index (Phi) is 5.08. The van der Waals surface area contributed by atoms with E-state index in [2.05, 4.69) is 4.18 Å². The SMILES string of the molecule is COc1cc(C=O)cc(COS(=O)[O-])c1OC. The molecule has 0 amide bonds. The summed E-state index contributed by atoms with van der Waals surface area (Å²) in [5, 5.41) is 0. The van der Waals surface area contributed by atoms with Crippen molar-refractivity contribution in [3.8, 4) is 11.5 Å². The molecule has 0 aromatic heterocycles. The molecule has 17 heavy (non-hydrogen) atoms. The van der Waals surface area contributed by atoms with Crippen LogP contribution in [0.25, 0.3) is 0 Å². The summed E-state index contributed by atoms with van der Waals surface area (Å²) >= 11 is -2.63. The summed E-state index contributed by atoms with van der Waals surface area (Å²) in [6.07, 6.45) is 0.625. The summed E-state index contributed by atoms with van der Waals surface area (Å²) in [7, 11) is 2.83. The van der Waals surface area contributed by atoms with Crippen LogP contribution >= 0.6 is 0 Å². The van der Waals surface area contributed by atoms with Crippen LogP contribution in [0.4, 0.5) is 0 Å². The van der Waals surface area contributed by atoms with Gasteiger partial charge in [-0.3, -0.25) is 8.98 Å². The molecule has 94 valence electrons. The Labute approximate surface area is 101 Å². The smallest absolute Gasteiger partial charge is 0.166 e. The summed E-state index contributed by atoms with van der Waals surface area (Å²) < 4.78 is 35.2. The Morgan fingerprint density at radius 2 is 2.06 bits per heavy atom. The number of rotatable bonds is 6. The molecule has 0 saturated carbocycles. The van der Waals surface area contributed by atoms with Gasteiger partial charge in [0.15, 0.2) is 11.5 Å². The molecule has 0 bridgehead atoms. The lowest BCUT2D eigenvalue weighted by molar-refractivity contribution is 0.112. The molecular weight excluding hydrogens is 248 g/mol. The molecule has 1 rings (SSSR count). The largest absolute Gasteiger partial charge is 0.750 e. The Balaban J connectivity index is 3.14. The van der Waals surface area contributed by atoms with Crippen molar-refractivity contribution in [1.29, 1.82) is 0 Å². The molecule has 1 aromatic rings. The first-order valence-corrected chi connectivity index (χ1v) is 5.55. The maximum atomic E-state index is 10.7. The van der Waals surface area contributed by atoms with Gasteiger partial charge in [-0.05, 0) is 12.1 Å². The van der Waals surface area contributed by atoms with E-state index < -0.39 is 11.4 Å². The summed E-state index contributed by atoms with van der Waals surface area (Å²) in [4.78, 5) is 10.7. The Morgan fingerprint density at radius 3 is 2.53 bits per heavy atom. The van der Waals surface area contributed by atoms with Crippen molar-refractivity contribution >= 4 is 17.6 Å². The molecule has 1 unspecified atom stereocenters. The molecule has 1 aromatic carbocycles. The number of carbonyl (C=O) groups is 1. The predicted octanol–water partition coefficient (Wildman–Crippen LogP) is 0.827. The highest BCUT2D eigenvalue weighted by molar-refractivity contribution is 7.74. The highest BCUT2D eigenvalue weighted by atomic mass is 32.2. The normalized spacial score (nSPS) is 11.9. The van der Waals surface area contributed by atoms with E-state index in [1.165, 1.54) is 26.4 Å². The second-order valence-electron chi connectivity index (χ2n) is 3.00. The summed E-state index contributed by atoms with van der Waals surface area (Å²) in [5.74, 6) is 0.677. The topological polar surface area (TPSA) is 84.9 Å². The Hall–Kier alpha value is -1.44. The van der Waals surface area contributed by atoms with Crippen LogP contribution in [-0.4, -0.2) is 29.3 Å². The minimum absolute atomic E-state index is 0.225. The average molecular weight is 259 g/mol.